The molecular formula is C22H28N2O5. The first-order valence-electron chi connectivity index (χ1n) is 10.4. The van der Waals surface area contributed by atoms with Crippen LogP contribution in [0.5, 0.6) is 5.75 Å². The Balaban J connectivity index is 1.83. The van der Waals surface area contributed by atoms with E-state index in [1.807, 2.05) is 31.2 Å². The van der Waals surface area contributed by atoms with Gasteiger partial charge in [0.15, 0.2) is 0 Å². The molecule has 0 aliphatic carbocycles. The second-order valence-electron chi connectivity index (χ2n) is 8.18. The highest BCUT2D eigenvalue weighted by molar-refractivity contribution is 6.02. The van der Waals surface area contributed by atoms with Gasteiger partial charge in [-0.2, -0.15) is 0 Å². The van der Waals surface area contributed by atoms with Crippen molar-refractivity contribution in [3.63, 3.8) is 0 Å². The van der Waals surface area contributed by atoms with Crippen LogP contribution in [0.15, 0.2) is 24.3 Å². The highest BCUT2D eigenvalue weighted by Crippen LogP contribution is 2.56. The Morgan fingerprint density at radius 1 is 1.28 bits per heavy atom. The van der Waals surface area contributed by atoms with E-state index in [1.54, 1.807) is 23.6 Å². The fourth-order valence-corrected chi connectivity index (χ4v) is 5.28. The third kappa shape index (κ3) is 2.81. The zero-order valence-electron chi connectivity index (χ0n) is 17.2. The molecule has 1 aromatic rings. The van der Waals surface area contributed by atoms with Gasteiger partial charge in [-0.1, -0.05) is 31.5 Å². The average molecular weight is 400 g/mol. The normalized spacial score (nSPS) is 30.4. The molecule has 3 heterocycles. The minimum Gasteiger partial charge on any atom is -0.493 e. The molecule has 4 rings (SSSR count). The summed E-state index contributed by atoms with van der Waals surface area (Å²) in [6.45, 7) is 6.59. The molecule has 3 aliphatic rings. The molecule has 2 fully saturated rings. The van der Waals surface area contributed by atoms with Gasteiger partial charge in [0.2, 0.25) is 11.8 Å². The van der Waals surface area contributed by atoms with Gasteiger partial charge in [0.25, 0.3) is 0 Å². The second-order valence-corrected chi connectivity index (χ2v) is 8.18. The van der Waals surface area contributed by atoms with Gasteiger partial charge in [-0.25, -0.2) is 0 Å². The van der Waals surface area contributed by atoms with Crippen molar-refractivity contribution in [2.45, 2.75) is 45.2 Å². The zero-order chi connectivity index (χ0) is 20.8. The summed E-state index contributed by atoms with van der Waals surface area (Å²) < 4.78 is 11.3. The summed E-state index contributed by atoms with van der Waals surface area (Å²) in [5.41, 5.74) is -0.421. The van der Waals surface area contributed by atoms with Crippen LogP contribution in [0, 0.1) is 11.8 Å². The summed E-state index contributed by atoms with van der Waals surface area (Å²) in [4.78, 5) is 43.3. The Hall–Kier alpha value is -2.57. The molecular weight excluding hydrogens is 372 g/mol. The number of hydrogen-bond acceptors (Lipinski definition) is 5. The van der Waals surface area contributed by atoms with Crippen molar-refractivity contribution in [3.8, 4) is 5.75 Å². The number of esters is 1. The lowest BCUT2D eigenvalue weighted by molar-refractivity contribution is -0.170. The molecule has 0 spiro atoms. The van der Waals surface area contributed by atoms with E-state index in [0.29, 0.717) is 12.3 Å². The van der Waals surface area contributed by atoms with Gasteiger partial charge in [0.05, 0.1) is 31.7 Å². The van der Waals surface area contributed by atoms with E-state index < -0.39 is 17.4 Å². The number of carbonyl (C=O) groups is 3. The summed E-state index contributed by atoms with van der Waals surface area (Å²) >= 11 is 0. The first-order valence-corrected chi connectivity index (χ1v) is 10.4. The third-order valence-corrected chi connectivity index (χ3v) is 6.52. The molecule has 2 saturated heterocycles. The lowest BCUT2D eigenvalue weighted by Crippen LogP contribution is -2.67. The Morgan fingerprint density at radius 3 is 2.76 bits per heavy atom. The highest BCUT2D eigenvalue weighted by atomic mass is 16.5. The van der Waals surface area contributed by atoms with Crippen LogP contribution in [0.1, 0.15) is 45.2 Å². The predicted octanol–water partition coefficient (Wildman–Crippen LogP) is 2.16. The van der Waals surface area contributed by atoms with Crippen molar-refractivity contribution in [2.75, 3.05) is 26.3 Å². The summed E-state index contributed by atoms with van der Waals surface area (Å²) in [7, 11) is 0. The topological polar surface area (TPSA) is 76.2 Å². The number of carbonyl (C=O) groups excluding carboxylic acids is 3. The van der Waals surface area contributed by atoms with E-state index in [-0.39, 0.29) is 43.5 Å². The van der Waals surface area contributed by atoms with Crippen molar-refractivity contribution in [2.24, 2.45) is 11.8 Å². The molecule has 0 N–H and O–H groups in total. The monoisotopic (exact) mass is 400 g/mol. The molecule has 0 saturated carbocycles. The maximum atomic E-state index is 13.6. The van der Waals surface area contributed by atoms with Crippen molar-refractivity contribution in [1.82, 2.24) is 9.80 Å². The van der Waals surface area contributed by atoms with Crippen LogP contribution in [0.2, 0.25) is 0 Å². The highest BCUT2D eigenvalue weighted by Gasteiger charge is 2.68. The van der Waals surface area contributed by atoms with E-state index in [0.717, 1.165) is 18.4 Å². The number of rotatable bonds is 5. The van der Waals surface area contributed by atoms with Crippen LogP contribution in [0.4, 0.5) is 0 Å². The van der Waals surface area contributed by atoms with Gasteiger partial charge < -0.3 is 19.3 Å². The molecule has 0 radical (unpaired) electrons. The van der Waals surface area contributed by atoms with Gasteiger partial charge in [0, 0.05) is 18.0 Å². The minimum absolute atomic E-state index is 0.0518. The predicted molar refractivity (Wildman–Crippen MR) is 105 cm³/mol. The quantitative estimate of drug-likeness (QED) is 0.708. The van der Waals surface area contributed by atoms with Crippen LogP contribution in [-0.2, 0) is 19.1 Å². The second kappa shape index (κ2) is 7.35. The van der Waals surface area contributed by atoms with Gasteiger partial charge >= 0.3 is 5.97 Å². The molecule has 7 heteroatoms. The van der Waals surface area contributed by atoms with E-state index in [4.69, 9.17) is 9.47 Å². The first kappa shape index (κ1) is 19.7. The van der Waals surface area contributed by atoms with Crippen LogP contribution in [-0.4, -0.2) is 59.4 Å². The Bertz CT molecular complexity index is 840. The molecule has 4 atom stereocenters. The van der Waals surface area contributed by atoms with Gasteiger partial charge in [0.1, 0.15) is 11.3 Å². The van der Waals surface area contributed by atoms with Crippen molar-refractivity contribution in [3.05, 3.63) is 29.8 Å². The van der Waals surface area contributed by atoms with E-state index in [1.165, 1.54) is 0 Å². The number of unbranched alkanes of at least 4 members (excludes halogenated alkanes) is 1. The van der Waals surface area contributed by atoms with E-state index in [9.17, 15) is 14.4 Å². The Labute approximate surface area is 170 Å². The third-order valence-electron chi connectivity index (χ3n) is 6.52. The van der Waals surface area contributed by atoms with Crippen molar-refractivity contribution in [1.29, 1.82) is 0 Å². The molecule has 7 nitrogen and oxygen atoms in total. The zero-order valence-corrected chi connectivity index (χ0v) is 17.2. The van der Waals surface area contributed by atoms with Crippen LogP contribution < -0.4 is 4.74 Å². The summed E-state index contributed by atoms with van der Waals surface area (Å²) in [6, 6.07) is 7.19. The molecule has 156 valence electrons. The molecule has 3 unspecified atom stereocenters. The van der Waals surface area contributed by atoms with Crippen molar-refractivity contribution >= 4 is 17.8 Å². The van der Waals surface area contributed by atoms with Crippen molar-refractivity contribution < 1.29 is 23.9 Å². The van der Waals surface area contributed by atoms with Crippen LogP contribution in [0.3, 0.4) is 0 Å². The number of piperazine rings is 1. The van der Waals surface area contributed by atoms with Crippen LogP contribution >= 0.6 is 0 Å². The number of fused-ring (bicyclic) bond motifs is 5. The number of ether oxygens (including phenoxy) is 2. The van der Waals surface area contributed by atoms with E-state index >= 15 is 0 Å². The Kier molecular flexibility index (Phi) is 5.00. The first-order chi connectivity index (χ1) is 13.9. The smallest absolute Gasteiger partial charge is 0.312 e. The number of hydrogen-bond donors (Lipinski definition) is 0. The lowest BCUT2D eigenvalue weighted by Gasteiger charge is -2.46. The Morgan fingerprint density at radius 2 is 2.03 bits per heavy atom. The summed E-state index contributed by atoms with van der Waals surface area (Å²) in [5, 5.41) is 0. The minimum atomic E-state index is -1.27. The molecule has 1 aromatic carbocycles. The van der Waals surface area contributed by atoms with Gasteiger partial charge in [-0.3, -0.25) is 14.4 Å². The number of amides is 2. The fraction of sp³-hybridized carbons (Fsp3) is 0.591. The molecule has 3 aliphatic heterocycles. The molecule has 0 aromatic heterocycles. The molecule has 29 heavy (non-hydrogen) atoms. The van der Waals surface area contributed by atoms with Gasteiger partial charge in [-0.15, -0.1) is 0 Å². The summed E-state index contributed by atoms with van der Waals surface area (Å²) in [6.07, 6.45) is 1.74. The standard InChI is InChI=1S/C22H28N2O5/c1-4-6-11-23-12-17(25)24-19-14-9-7-8-10-16(14)29-13-15(19)18(20(26)28-5-2)22(24,3)21(23)27/h7-10,15,18-19H,4-6,11-13H2,1-3H3/t15?,18?,19?,22-/m1/s1. The van der Waals surface area contributed by atoms with E-state index in [2.05, 4.69) is 0 Å². The lowest BCUT2D eigenvalue weighted by atomic mass is 9.77. The summed E-state index contributed by atoms with van der Waals surface area (Å²) in [5.74, 6) is -1.12. The number of benzene rings is 1. The maximum absolute atomic E-state index is 13.6. The molecule has 2 amide bonds. The number of nitrogens with zero attached hydrogens (tertiary/aromatic N) is 2. The number of para-hydroxylation sites is 1. The van der Waals surface area contributed by atoms with Gasteiger partial charge in [-0.05, 0) is 26.3 Å². The largest absolute Gasteiger partial charge is 0.493 e. The maximum Gasteiger partial charge on any atom is 0.312 e. The fourth-order valence-electron chi connectivity index (χ4n) is 5.28. The molecule has 0 bridgehead atoms. The SMILES string of the molecule is CCCCN1CC(=O)N2C3c4ccccc4OCC3C(C(=O)OCC)[C@]2(C)C1=O. The average Bonchev–Trinajstić information content (AvgIpc) is 3.00. The van der Waals surface area contributed by atoms with Crippen LogP contribution in [0.25, 0.3) is 0 Å².